The first-order chi connectivity index (χ1) is 15.0. The van der Waals surface area contributed by atoms with Gasteiger partial charge >= 0.3 is 0 Å². The van der Waals surface area contributed by atoms with Gasteiger partial charge in [-0.1, -0.05) is 0 Å². The standard InChI is InChI=1S/C19H28Cl2N4O6/c20-12-17(26)24-15-9-14(10-16(11-15)25-18(27)13-21)19(28)23-2-4-30-6-8-31-7-5-29-3-1-22/h9-11H,1-8,12-13,22H2,(H,23,28)(H,24,26)(H,25,27). The van der Waals surface area contributed by atoms with Gasteiger partial charge in [0.15, 0.2) is 0 Å². The third kappa shape index (κ3) is 12.5. The molecule has 0 aliphatic rings. The van der Waals surface area contributed by atoms with Gasteiger partial charge in [-0.3, -0.25) is 14.4 Å². The van der Waals surface area contributed by atoms with E-state index in [4.69, 9.17) is 43.1 Å². The first kappa shape index (κ1) is 27.1. The molecule has 0 bridgehead atoms. The lowest BCUT2D eigenvalue weighted by atomic mass is 10.1. The van der Waals surface area contributed by atoms with E-state index in [0.29, 0.717) is 51.0 Å². The molecule has 1 aromatic rings. The van der Waals surface area contributed by atoms with Crippen molar-refractivity contribution in [1.29, 1.82) is 0 Å². The predicted octanol–water partition coefficient (Wildman–Crippen LogP) is 0.780. The van der Waals surface area contributed by atoms with Gasteiger partial charge in [0, 0.05) is 30.0 Å². The molecule has 0 saturated carbocycles. The Kier molecular flexibility index (Phi) is 14.6. The van der Waals surface area contributed by atoms with Gasteiger partial charge in [-0.2, -0.15) is 0 Å². The Morgan fingerprint density at radius 2 is 1.26 bits per heavy atom. The summed E-state index contributed by atoms with van der Waals surface area (Å²) in [7, 11) is 0. The van der Waals surface area contributed by atoms with Crippen molar-refractivity contribution in [2.45, 2.75) is 0 Å². The van der Waals surface area contributed by atoms with Gasteiger partial charge in [0.25, 0.3) is 5.91 Å². The Morgan fingerprint density at radius 1 is 0.774 bits per heavy atom. The van der Waals surface area contributed by atoms with Crippen molar-refractivity contribution in [3.05, 3.63) is 23.8 Å². The average Bonchev–Trinajstić information content (AvgIpc) is 2.76. The maximum atomic E-state index is 12.4. The zero-order valence-corrected chi connectivity index (χ0v) is 18.6. The molecule has 0 spiro atoms. The van der Waals surface area contributed by atoms with Crippen LogP contribution < -0.4 is 21.7 Å². The van der Waals surface area contributed by atoms with Crippen molar-refractivity contribution >= 4 is 52.3 Å². The first-order valence-corrected chi connectivity index (χ1v) is 10.6. The number of halogens is 2. The predicted molar refractivity (Wildman–Crippen MR) is 119 cm³/mol. The zero-order chi connectivity index (χ0) is 22.9. The smallest absolute Gasteiger partial charge is 0.251 e. The molecule has 0 aliphatic carbocycles. The van der Waals surface area contributed by atoms with Gasteiger partial charge in [-0.25, -0.2) is 0 Å². The Labute approximate surface area is 191 Å². The number of carbonyl (C=O) groups is 3. The van der Waals surface area contributed by atoms with Crippen LogP contribution in [0.1, 0.15) is 10.4 Å². The third-order valence-corrected chi connectivity index (χ3v) is 4.03. The first-order valence-electron chi connectivity index (χ1n) is 9.58. The van der Waals surface area contributed by atoms with Crippen LogP contribution in [-0.4, -0.2) is 82.2 Å². The van der Waals surface area contributed by atoms with E-state index in [2.05, 4.69) is 16.0 Å². The molecule has 174 valence electrons. The fraction of sp³-hybridized carbons (Fsp3) is 0.526. The maximum absolute atomic E-state index is 12.4. The summed E-state index contributed by atoms with van der Waals surface area (Å²) in [6.07, 6.45) is 0. The number of amides is 3. The average molecular weight is 479 g/mol. The van der Waals surface area contributed by atoms with Gasteiger partial charge < -0.3 is 35.9 Å². The lowest BCUT2D eigenvalue weighted by Crippen LogP contribution is -2.28. The Hall–Kier alpha value is -1.95. The number of rotatable bonds is 16. The minimum Gasteiger partial charge on any atom is -0.378 e. The highest BCUT2D eigenvalue weighted by atomic mass is 35.5. The molecule has 0 unspecified atom stereocenters. The molecule has 12 heteroatoms. The van der Waals surface area contributed by atoms with E-state index in [-0.39, 0.29) is 30.5 Å². The molecule has 1 rings (SSSR count). The molecule has 0 saturated heterocycles. The van der Waals surface area contributed by atoms with Crippen LogP contribution in [0.25, 0.3) is 0 Å². The third-order valence-electron chi connectivity index (χ3n) is 3.54. The Bertz CT molecular complexity index is 672. The second-order valence-corrected chi connectivity index (χ2v) is 6.58. The summed E-state index contributed by atoms with van der Waals surface area (Å²) in [6.45, 7) is 3.25. The monoisotopic (exact) mass is 478 g/mol. The van der Waals surface area contributed by atoms with E-state index < -0.39 is 17.7 Å². The highest BCUT2D eigenvalue weighted by Crippen LogP contribution is 2.19. The molecular weight excluding hydrogens is 451 g/mol. The Morgan fingerprint density at radius 3 is 1.74 bits per heavy atom. The van der Waals surface area contributed by atoms with Crippen molar-refractivity contribution < 1.29 is 28.6 Å². The molecule has 0 atom stereocenters. The van der Waals surface area contributed by atoms with Gasteiger partial charge in [-0.05, 0) is 18.2 Å². The number of hydrogen-bond acceptors (Lipinski definition) is 7. The van der Waals surface area contributed by atoms with Gasteiger partial charge in [0.05, 0.1) is 39.6 Å². The van der Waals surface area contributed by atoms with Gasteiger partial charge in [-0.15, -0.1) is 23.2 Å². The zero-order valence-electron chi connectivity index (χ0n) is 17.1. The van der Waals surface area contributed by atoms with Crippen LogP contribution in [0.5, 0.6) is 0 Å². The van der Waals surface area contributed by atoms with E-state index in [0.717, 1.165) is 0 Å². The number of benzene rings is 1. The van der Waals surface area contributed by atoms with Gasteiger partial charge in [0.2, 0.25) is 11.8 Å². The van der Waals surface area contributed by atoms with Crippen LogP contribution >= 0.6 is 23.2 Å². The van der Waals surface area contributed by atoms with E-state index in [1.165, 1.54) is 18.2 Å². The Balaban J connectivity index is 2.44. The van der Waals surface area contributed by atoms with Crippen molar-refractivity contribution in [2.24, 2.45) is 5.73 Å². The second-order valence-electron chi connectivity index (χ2n) is 6.04. The van der Waals surface area contributed by atoms with Gasteiger partial charge in [0.1, 0.15) is 11.8 Å². The van der Waals surface area contributed by atoms with E-state index >= 15 is 0 Å². The summed E-state index contributed by atoms with van der Waals surface area (Å²) < 4.78 is 15.9. The number of hydrogen-bond donors (Lipinski definition) is 4. The molecule has 0 fully saturated rings. The quantitative estimate of drug-likeness (QED) is 0.203. The molecule has 31 heavy (non-hydrogen) atoms. The topological polar surface area (TPSA) is 141 Å². The lowest BCUT2D eigenvalue weighted by Gasteiger charge is -2.12. The van der Waals surface area contributed by atoms with Crippen molar-refractivity contribution in [1.82, 2.24) is 5.32 Å². The molecule has 3 amide bonds. The highest BCUT2D eigenvalue weighted by Gasteiger charge is 2.11. The fourth-order valence-electron chi connectivity index (χ4n) is 2.26. The minimum atomic E-state index is -0.449. The van der Waals surface area contributed by atoms with E-state index in [1.807, 2.05) is 0 Å². The van der Waals surface area contributed by atoms with Crippen LogP contribution in [0.3, 0.4) is 0 Å². The summed E-state index contributed by atoms with van der Waals surface area (Å²) in [6, 6.07) is 4.44. The lowest BCUT2D eigenvalue weighted by molar-refractivity contribution is -0.114. The molecule has 0 heterocycles. The number of nitrogens with one attached hydrogen (secondary N) is 3. The van der Waals surface area contributed by atoms with Crippen LogP contribution in [0.15, 0.2) is 18.2 Å². The molecule has 0 aromatic heterocycles. The number of ether oxygens (including phenoxy) is 3. The summed E-state index contributed by atoms with van der Waals surface area (Å²) in [4.78, 5) is 35.5. The van der Waals surface area contributed by atoms with E-state index in [1.54, 1.807) is 0 Å². The number of nitrogens with two attached hydrogens (primary N) is 1. The molecule has 10 nitrogen and oxygen atoms in total. The van der Waals surface area contributed by atoms with E-state index in [9.17, 15) is 14.4 Å². The summed E-state index contributed by atoms with van der Waals surface area (Å²) in [5.41, 5.74) is 6.16. The summed E-state index contributed by atoms with van der Waals surface area (Å²) >= 11 is 11.0. The highest BCUT2D eigenvalue weighted by molar-refractivity contribution is 6.29. The fourth-order valence-corrected chi connectivity index (χ4v) is 2.39. The molecule has 0 aliphatic heterocycles. The molecule has 0 radical (unpaired) electrons. The number of carbonyl (C=O) groups excluding carboxylic acids is 3. The maximum Gasteiger partial charge on any atom is 0.251 e. The number of anilines is 2. The van der Waals surface area contributed by atoms with Crippen molar-refractivity contribution in [3.8, 4) is 0 Å². The van der Waals surface area contributed by atoms with Crippen molar-refractivity contribution in [3.63, 3.8) is 0 Å². The van der Waals surface area contributed by atoms with Crippen molar-refractivity contribution in [2.75, 3.05) is 75.1 Å². The second kappa shape index (κ2) is 16.7. The molecule has 1 aromatic carbocycles. The SMILES string of the molecule is NCCOCCOCCOCCNC(=O)c1cc(NC(=O)CCl)cc(NC(=O)CCl)c1. The normalized spacial score (nSPS) is 10.5. The minimum absolute atomic E-state index is 0.234. The van der Waals surface area contributed by atoms with Crippen LogP contribution in [-0.2, 0) is 23.8 Å². The molecular formula is C19H28Cl2N4O6. The summed E-state index contributed by atoms with van der Waals surface area (Å²) in [5, 5.41) is 7.78. The summed E-state index contributed by atoms with van der Waals surface area (Å²) in [5.74, 6) is -1.80. The largest absolute Gasteiger partial charge is 0.378 e. The number of alkyl halides is 2. The van der Waals surface area contributed by atoms with Crippen LogP contribution in [0.2, 0.25) is 0 Å². The van der Waals surface area contributed by atoms with Crippen LogP contribution in [0.4, 0.5) is 11.4 Å². The van der Waals surface area contributed by atoms with Crippen LogP contribution in [0, 0.1) is 0 Å². The molecule has 5 N–H and O–H groups in total.